The van der Waals surface area contributed by atoms with Crippen LogP contribution in [0.25, 0.3) is 10.6 Å². The zero-order valence-corrected chi connectivity index (χ0v) is 14.6. The first-order valence-electron chi connectivity index (χ1n) is 7.00. The van der Waals surface area contributed by atoms with Crippen molar-refractivity contribution in [3.8, 4) is 10.6 Å². The van der Waals surface area contributed by atoms with Crippen molar-refractivity contribution in [3.63, 3.8) is 0 Å². The van der Waals surface area contributed by atoms with Gasteiger partial charge in [-0.25, -0.2) is 15.0 Å². The second-order valence-electron chi connectivity index (χ2n) is 5.04. The minimum absolute atomic E-state index is 0.0117. The van der Waals surface area contributed by atoms with E-state index in [0.29, 0.717) is 17.1 Å². The van der Waals surface area contributed by atoms with Gasteiger partial charge in [0, 0.05) is 16.7 Å². The molecular formula is C16H15N3O2S2. The van der Waals surface area contributed by atoms with Gasteiger partial charge in [-0.05, 0) is 26.8 Å². The Balaban J connectivity index is 1.80. The zero-order valence-electron chi connectivity index (χ0n) is 13.0. The molecule has 0 aliphatic carbocycles. The Labute approximate surface area is 142 Å². The van der Waals surface area contributed by atoms with Crippen LogP contribution in [0.5, 0.6) is 0 Å². The van der Waals surface area contributed by atoms with Crippen LogP contribution in [0.15, 0.2) is 33.4 Å². The van der Waals surface area contributed by atoms with Crippen molar-refractivity contribution in [2.75, 3.05) is 0 Å². The van der Waals surface area contributed by atoms with E-state index in [1.807, 2.05) is 25.3 Å². The fourth-order valence-corrected chi connectivity index (χ4v) is 4.20. The van der Waals surface area contributed by atoms with Gasteiger partial charge in [-0.15, -0.1) is 11.3 Å². The molecule has 7 heteroatoms. The van der Waals surface area contributed by atoms with Gasteiger partial charge in [0.2, 0.25) is 0 Å². The number of hydrogen-bond acceptors (Lipinski definition) is 7. The van der Waals surface area contributed by atoms with Gasteiger partial charge in [0.15, 0.2) is 5.78 Å². The number of nitrogens with zero attached hydrogens (tertiary/aromatic N) is 3. The molecule has 3 aromatic rings. The smallest absolute Gasteiger partial charge is 0.164 e. The maximum atomic E-state index is 11.9. The van der Waals surface area contributed by atoms with E-state index < -0.39 is 0 Å². The van der Waals surface area contributed by atoms with Gasteiger partial charge in [-0.1, -0.05) is 11.8 Å². The molecule has 3 rings (SSSR count). The molecule has 0 N–H and O–H groups in total. The molecule has 3 heterocycles. The SMILES string of the molecule is CC(=O)c1c(C)nc(C)nc1SCc1csc(-c2ccoc2)n1. The predicted octanol–water partition coefficient (Wildman–Crippen LogP) is 4.30. The highest BCUT2D eigenvalue weighted by Gasteiger charge is 2.16. The molecule has 0 fully saturated rings. The lowest BCUT2D eigenvalue weighted by Crippen LogP contribution is -2.06. The summed E-state index contributed by atoms with van der Waals surface area (Å²) in [4.78, 5) is 25.1. The molecule has 0 aliphatic heterocycles. The van der Waals surface area contributed by atoms with E-state index >= 15 is 0 Å². The standard InChI is InChI=1S/C16H15N3O2S2/c1-9-14(10(2)20)16(18-11(3)17-9)23-8-13-7-22-15(19-13)12-4-5-21-6-12/h4-7H,8H2,1-3H3. The third-order valence-electron chi connectivity index (χ3n) is 3.20. The van der Waals surface area contributed by atoms with Crippen LogP contribution >= 0.6 is 23.1 Å². The molecule has 0 aromatic carbocycles. The van der Waals surface area contributed by atoms with Crippen molar-refractivity contribution in [3.05, 3.63) is 46.7 Å². The molecule has 0 atom stereocenters. The number of Topliss-reactive ketones (excluding diaryl/α,β-unsaturated/α-hetero) is 1. The lowest BCUT2D eigenvalue weighted by molar-refractivity contribution is 0.101. The first-order valence-corrected chi connectivity index (χ1v) is 8.87. The first-order chi connectivity index (χ1) is 11.0. The summed E-state index contributed by atoms with van der Waals surface area (Å²) >= 11 is 3.09. The van der Waals surface area contributed by atoms with E-state index in [-0.39, 0.29) is 5.78 Å². The Morgan fingerprint density at radius 1 is 1.30 bits per heavy atom. The Bertz CT molecular complexity index is 841. The van der Waals surface area contributed by atoms with E-state index in [4.69, 9.17) is 4.42 Å². The minimum atomic E-state index is -0.0117. The Morgan fingerprint density at radius 3 is 2.83 bits per heavy atom. The molecule has 5 nitrogen and oxygen atoms in total. The summed E-state index contributed by atoms with van der Waals surface area (Å²) in [7, 11) is 0. The summed E-state index contributed by atoms with van der Waals surface area (Å²) in [5, 5.41) is 3.67. The largest absolute Gasteiger partial charge is 0.472 e. The number of thioether (sulfide) groups is 1. The van der Waals surface area contributed by atoms with Crippen LogP contribution in [0.1, 0.15) is 34.5 Å². The summed E-state index contributed by atoms with van der Waals surface area (Å²) in [6, 6.07) is 1.89. The van der Waals surface area contributed by atoms with Gasteiger partial charge in [-0.3, -0.25) is 4.79 Å². The van der Waals surface area contributed by atoms with Gasteiger partial charge < -0.3 is 4.42 Å². The molecule has 0 saturated carbocycles. The number of carbonyl (C=O) groups excluding carboxylic acids is 1. The molecule has 0 aliphatic rings. The molecule has 0 bridgehead atoms. The number of carbonyl (C=O) groups is 1. The van der Waals surface area contributed by atoms with E-state index in [1.165, 1.54) is 11.8 Å². The quantitative estimate of drug-likeness (QED) is 0.390. The molecular weight excluding hydrogens is 330 g/mol. The fraction of sp³-hybridized carbons (Fsp3) is 0.250. The third kappa shape index (κ3) is 3.51. The highest BCUT2D eigenvalue weighted by molar-refractivity contribution is 7.98. The number of thiazole rings is 1. The number of ketones is 1. The molecule has 23 heavy (non-hydrogen) atoms. The summed E-state index contributed by atoms with van der Waals surface area (Å²) in [5.74, 6) is 1.32. The summed E-state index contributed by atoms with van der Waals surface area (Å²) < 4.78 is 5.08. The second-order valence-corrected chi connectivity index (χ2v) is 6.86. The number of hydrogen-bond donors (Lipinski definition) is 0. The number of aryl methyl sites for hydroxylation is 2. The number of furan rings is 1. The highest BCUT2D eigenvalue weighted by atomic mass is 32.2. The maximum absolute atomic E-state index is 11.9. The summed E-state index contributed by atoms with van der Waals surface area (Å²) in [5.41, 5.74) is 3.26. The lowest BCUT2D eigenvalue weighted by atomic mass is 10.2. The second kappa shape index (κ2) is 6.64. The van der Waals surface area contributed by atoms with Gasteiger partial charge >= 0.3 is 0 Å². The topological polar surface area (TPSA) is 68.9 Å². The van der Waals surface area contributed by atoms with E-state index in [1.54, 1.807) is 30.8 Å². The number of rotatable bonds is 5. The van der Waals surface area contributed by atoms with E-state index in [9.17, 15) is 4.79 Å². The third-order valence-corrected chi connectivity index (χ3v) is 5.15. The number of aromatic nitrogens is 3. The minimum Gasteiger partial charge on any atom is -0.472 e. The average Bonchev–Trinajstić information content (AvgIpc) is 3.15. The first kappa shape index (κ1) is 15.9. The summed E-state index contributed by atoms with van der Waals surface area (Å²) in [6.07, 6.45) is 3.32. The van der Waals surface area contributed by atoms with Gasteiger partial charge in [0.25, 0.3) is 0 Å². The zero-order chi connectivity index (χ0) is 16.4. The van der Waals surface area contributed by atoms with Crippen molar-refractivity contribution >= 4 is 28.9 Å². The average molecular weight is 345 g/mol. The van der Waals surface area contributed by atoms with Crippen molar-refractivity contribution < 1.29 is 9.21 Å². The van der Waals surface area contributed by atoms with Crippen LogP contribution in [0, 0.1) is 13.8 Å². The normalized spacial score (nSPS) is 10.9. The molecule has 0 spiro atoms. The van der Waals surface area contributed by atoms with Crippen LogP contribution in [0.3, 0.4) is 0 Å². The Kier molecular flexibility index (Phi) is 4.58. The van der Waals surface area contributed by atoms with E-state index in [2.05, 4.69) is 15.0 Å². The molecule has 118 valence electrons. The van der Waals surface area contributed by atoms with Crippen molar-refractivity contribution in [2.45, 2.75) is 31.6 Å². The maximum Gasteiger partial charge on any atom is 0.164 e. The van der Waals surface area contributed by atoms with Crippen LogP contribution < -0.4 is 0 Å². The molecule has 0 unspecified atom stereocenters. The van der Waals surface area contributed by atoms with Crippen molar-refractivity contribution in [1.29, 1.82) is 0 Å². The highest BCUT2D eigenvalue weighted by Crippen LogP contribution is 2.29. The van der Waals surface area contributed by atoms with Crippen LogP contribution in [-0.2, 0) is 5.75 Å². The molecule has 0 saturated heterocycles. The lowest BCUT2D eigenvalue weighted by Gasteiger charge is -2.08. The van der Waals surface area contributed by atoms with E-state index in [0.717, 1.165) is 27.0 Å². The molecule has 3 aromatic heterocycles. The summed E-state index contributed by atoms with van der Waals surface area (Å²) in [6.45, 7) is 5.22. The molecule has 0 amide bonds. The van der Waals surface area contributed by atoms with Gasteiger partial charge in [-0.2, -0.15) is 0 Å². The Morgan fingerprint density at radius 2 is 2.13 bits per heavy atom. The van der Waals surface area contributed by atoms with Crippen molar-refractivity contribution in [1.82, 2.24) is 15.0 Å². The van der Waals surface area contributed by atoms with Crippen molar-refractivity contribution in [2.24, 2.45) is 0 Å². The van der Waals surface area contributed by atoms with Crippen LogP contribution in [-0.4, -0.2) is 20.7 Å². The molecule has 0 radical (unpaired) electrons. The Hall–Kier alpha value is -1.99. The van der Waals surface area contributed by atoms with Gasteiger partial charge in [0.05, 0.1) is 23.2 Å². The van der Waals surface area contributed by atoms with Crippen LogP contribution in [0.4, 0.5) is 0 Å². The van der Waals surface area contributed by atoms with Crippen LogP contribution in [0.2, 0.25) is 0 Å². The van der Waals surface area contributed by atoms with Gasteiger partial charge in [0.1, 0.15) is 22.1 Å². The fourth-order valence-electron chi connectivity index (χ4n) is 2.23. The predicted molar refractivity (Wildman–Crippen MR) is 90.9 cm³/mol. The monoisotopic (exact) mass is 345 g/mol.